The maximum absolute atomic E-state index is 12.7. The van der Waals surface area contributed by atoms with E-state index in [2.05, 4.69) is 15.1 Å². The van der Waals surface area contributed by atoms with E-state index in [1.165, 1.54) is 57.8 Å². The molecule has 27 heavy (non-hydrogen) atoms. The highest BCUT2D eigenvalue weighted by Crippen LogP contribution is 2.36. The van der Waals surface area contributed by atoms with Gasteiger partial charge >= 0.3 is 6.03 Å². The van der Waals surface area contributed by atoms with Gasteiger partial charge in [0.25, 0.3) is 0 Å². The monoisotopic (exact) mass is 375 g/mol. The standard InChI is InChI=1S/C22H37N3O2/c26-21(24-15-12-17-6-1-2-8-19(17)16-24)11-13-23-22(27)25-14-5-9-18-7-3-4-10-20(18)25/h17-20H,1-16H2,(H,23,27). The van der Waals surface area contributed by atoms with E-state index < -0.39 is 0 Å². The fourth-order valence-corrected chi connectivity index (χ4v) is 6.24. The van der Waals surface area contributed by atoms with Gasteiger partial charge in [0, 0.05) is 38.6 Å². The van der Waals surface area contributed by atoms with E-state index in [1.807, 2.05) is 0 Å². The molecule has 2 saturated heterocycles. The van der Waals surface area contributed by atoms with Crippen LogP contribution < -0.4 is 5.32 Å². The Kier molecular flexibility index (Phi) is 6.24. The van der Waals surface area contributed by atoms with E-state index in [4.69, 9.17) is 0 Å². The van der Waals surface area contributed by atoms with E-state index >= 15 is 0 Å². The molecular formula is C22H37N3O2. The number of nitrogens with zero attached hydrogens (tertiary/aromatic N) is 2. The van der Waals surface area contributed by atoms with Crippen LogP contribution in [0.4, 0.5) is 4.79 Å². The molecule has 0 aromatic carbocycles. The number of carbonyl (C=O) groups is 2. The van der Waals surface area contributed by atoms with Crippen molar-refractivity contribution in [2.45, 2.75) is 83.1 Å². The predicted octanol–water partition coefficient (Wildman–Crippen LogP) is 3.78. The van der Waals surface area contributed by atoms with E-state index in [1.54, 1.807) is 0 Å². The number of nitrogens with one attached hydrogen (secondary N) is 1. The van der Waals surface area contributed by atoms with Gasteiger partial charge in [0.2, 0.25) is 5.91 Å². The molecule has 0 radical (unpaired) electrons. The van der Waals surface area contributed by atoms with Crippen molar-refractivity contribution in [1.82, 2.24) is 15.1 Å². The summed E-state index contributed by atoms with van der Waals surface area (Å²) in [7, 11) is 0. The second-order valence-electron chi connectivity index (χ2n) is 9.36. The molecule has 4 aliphatic rings. The topological polar surface area (TPSA) is 52.7 Å². The van der Waals surface area contributed by atoms with Gasteiger partial charge in [-0.25, -0.2) is 4.79 Å². The number of hydrogen-bond donors (Lipinski definition) is 1. The van der Waals surface area contributed by atoms with Gasteiger partial charge < -0.3 is 15.1 Å². The molecule has 4 fully saturated rings. The van der Waals surface area contributed by atoms with Gasteiger partial charge in [0.1, 0.15) is 0 Å². The highest BCUT2D eigenvalue weighted by atomic mass is 16.2. The molecule has 5 nitrogen and oxygen atoms in total. The lowest BCUT2D eigenvalue weighted by Gasteiger charge is -2.44. The number of piperidine rings is 2. The van der Waals surface area contributed by atoms with Crippen molar-refractivity contribution in [3.05, 3.63) is 0 Å². The fourth-order valence-electron chi connectivity index (χ4n) is 6.24. The van der Waals surface area contributed by atoms with Crippen LogP contribution in [-0.2, 0) is 4.79 Å². The lowest BCUT2D eigenvalue weighted by atomic mass is 9.75. The Labute approximate surface area is 164 Å². The fraction of sp³-hybridized carbons (Fsp3) is 0.909. The minimum absolute atomic E-state index is 0.0605. The van der Waals surface area contributed by atoms with Gasteiger partial charge in [-0.2, -0.15) is 0 Å². The van der Waals surface area contributed by atoms with E-state index in [-0.39, 0.29) is 11.9 Å². The lowest BCUT2D eigenvalue weighted by molar-refractivity contribution is -0.134. The minimum Gasteiger partial charge on any atom is -0.342 e. The quantitative estimate of drug-likeness (QED) is 0.816. The number of likely N-dealkylation sites (tertiary alicyclic amines) is 2. The number of urea groups is 1. The van der Waals surface area contributed by atoms with Crippen LogP contribution in [0.2, 0.25) is 0 Å². The lowest BCUT2D eigenvalue weighted by Crippen LogP contribution is -2.53. The first-order chi connectivity index (χ1) is 13.2. The van der Waals surface area contributed by atoms with Gasteiger partial charge in [0.15, 0.2) is 0 Å². The smallest absolute Gasteiger partial charge is 0.317 e. The zero-order valence-electron chi connectivity index (χ0n) is 16.8. The first kappa shape index (κ1) is 19.1. The summed E-state index contributed by atoms with van der Waals surface area (Å²) in [5, 5.41) is 3.05. The zero-order valence-corrected chi connectivity index (χ0v) is 16.8. The maximum Gasteiger partial charge on any atom is 0.317 e. The molecule has 2 aliphatic heterocycles. The molecule has 5 heteroatoms. The number of hydrogen-bond acceptors (Lipinski definition) is 2. The summed E-state index contributed by atoms with van der Waals surface area (Å²) in [4.78, 5) is 29.4. The second kappa shape index (κ2) is 8.83. The number of amides is 3. The summed E-state index contributed by atoms with van der Waals surface area (Å²) in [6.45, 7) is 3.24. The third-order valence-electron chi connectivity index (χ3n) is 7.76. The highest BCUT2D eigenvalue weighted by molar-refractivity contribution is 5.78. The van der Waals surface area contributed by atoms with Crippen molar-refractivity contribution in [3.8, 4) is 0 Å². The van der Waals surface area contributed by atoms with Crippen LogP contribution in [0.15, 0.2) is 0 Å². The van der Waals surface area contributed by atoms with Gasteiger partial charge in [-0.3, -0.25) is 4.79 Å². The van der Waals surface area contributed by atoms with Crippen molar-refractivity contribution < 1.29 is 9.59 Å². The molecule has 0 aromatic rings. The van der Waals surface area contributed by atoms with E-state index in [9.17, 15) is 9.59 Å². The van der Waals surface area contributed by atoms with Crippen LogP contribution in [-0.4, -0.2) is 54.0 Å². The molecule has 2 heterocycles. The first-order valence-electron chi connectivity index (χ1n) is 11.5. The van der Waals surface area contributed by atoms with Gasteiger partial charge in [-0.05, 0) is 56.3 Å². The van der Waals surface area contributed by atoms with Crippen LogP contribution in [0.5, 0.6) is 0 Å². The van der Waals surface area contributed by atoms with Crippen LogP contribution >= 0.6 is 0 Å². The third-order valence-corrected chi connectivity index (χ3v) is 7.76. The maximum atomic E-state index is 12.7. The van der Waals surface area contributed by atoms with Crippen molar-refractivity contribution in [2.75, 3.05) is 26.2 Å². The molecule has 0 bridgehead atoms. The Morgan fingerprint density at radius 3 is 2.33 bits per heavy atom. The molecule has 152 valence electrons. The van der Waals surface area contributed by atoms with Gasteiger partial charge in [0.05, 0.1) is 0 Å². The molecule has 3 amide bonds. The van der Waals surface area contributed by atoms with Crippen molar-refractivity contribution >= 4 is 11.9 Å². The molecule has 1 N–H and O–H groups in total. The van der Waals surface area contributed by atoms with Gasteiger partial charge in [-0.1, -0.05) is 32.1 Å². The summed E-state index contributed by atoms with van der Waals surface area (Å²) in [6.07, 6.45) is 14.4. The third kappa shape index (κ3) is 4.43. The average Bonchev–Trinajstić information content (AvgIpc) is 2.72. The Bertz CT molecular complexity index is 536. The Balaban J connectivity index is 1.21. The molecule has 0 spiro atoms. The first-order valence-corrected chi connectivity index (χ1v) is 11.5. The molecule has 2 aliphatic carbocycles. The molecule has 4 unspecified atom stereocenters. The Morgan fingerprint density at radius 1 is 0.778 bits per heavy atom. The van der Waals surface area contributed by atoms with E-state index in [0.29, 0.717) is 24.9 Å². The van der Waals surface area contributed by atoms with Gasteiger partial charge in [-0.15, -0.1) is 0 Å². The molecule has 4 atom stereocenters. The SMILES string of the molecule is O=C(CCNC(=O)N1CCCC2CCCCC21)N1CCC2CCCCC2C1. The minimum atomic E-state index is 0.0605. The number of fused-ring (bicyclic) bond motifs is 2. The second-order valence-corrected chi connectivity index (χ2v) is 9.36. The highest BCUT2D eigenvalue weighted by Gasteiger charge is 2.36. The normalized spacial score (nSPS) is 33.8. The molecule has 4 rings (SSSR count). The Morgan fingerprint density at radius 2 is 1.48 bits per heavy atom. The molecular weight excluding hydrogens is 338 g/mol. The van der Waals surface area contributed by atoms with Crippen LogP contribution in [0.3, 0.4) is 0 Å². The summed E-state index contributed by atoms with van der Waals surface area (Å²) < 4.78 is 0. The largest absolute Gasteiger partial charge is 0.342 e. The predicted molar refractivity (Wildman–Crippen MR) is 106 cm³/mol. The summed E-state index contributed by atoms with van der Waals surface area (Å²) >= 11 is 0. The summed E-state index contributed by atoms with van der Waals surface area (Å²) in [5.41, 5.74) is 0. The summed E-state index contributed by atoms with van der Waals surface area (Å²) in [5.74, 6) is 2.51. The van der Waals surface area contributed by atoms with Crippen LogP contribution in [0.1, 0.15) is 77.0 Å². The molecule has 2 saturated carbocycles. The van der Waals surface area contributed by atoms with Crippen molar-refractivity contribution in [3.63, 3.8) is 0 Å². The number of rotatable bonds is 3. The van der Waals surface area contributed by atoms with Crippen molar-refractivity contribution in [1.29, 1.82) is 0 Å². The summed E-state index contributed by atoms with van der Waals surface area (Å²) in [6, 6.07) is 0.499. The number of carbonyl (C=O) groups excluding carboxylic acids is 2. The van der Waals surface area contributed by atoms with E-state index in [0.717, 1.165) is 44.3 Å². The van der Waals surface area contributed by atoms with Crippen molar-refractivity contribution in [2.24, 2.45) is 17.8 Å². The van der Waals surface area contributed by atoms with Crippen LogP contribution in [0, 0.1) is 17.8 Å². The average molecular weight is 376 g/mol. The molecule has 0 aromatic heterocycles. The Hall–Kier alpha value is -1.26. The zero-order chi connectivity index (χ0) is 18.6. The van der Waals surface area contributed by atoms with Crippen LogP contribution in [0.25, 0.3) is 0 Å².